The van der Waals surface area contributed by atoms with E-state index in [2.05, 4.69) is 20.6 Å². The van der Waals surface area contributed by atoms with E-state index in [0.29, 0.717) is 37.5 Å². The number of aromatic nitrogens is 2. The lowest BCUT2D eigenvalue weighted by Gasteiger charge is -2.48. The number of carbonyl (C=O) groups is 3. The molecule has 3 amide bonds. The summed E-state index contributed by atoms with van der Waals surface area (Å²) in [4.78, 5) is 50.7. The Kier molecular flexibility index (Phi) is 9.21. The quantitative estimate of drug-likeness (QED) is 0.532. The molecule has 8 nitrogen and oxygen atoms in total. The number of nitrogens with zero attached hydrogens (tertiary/aromatic N) is 3. The maximum Gasteiger partial charge on any atom is 0.272 e. The Morgan fingerprint density at radius 2 is 1.70 bits per heavy atom. The van der Waals surface area contributed by atoms with Gasteiger partial charge in [0.1, 0.15) is 17.6 Å². The van der Waals surface area contributed by atoms with Crippen molar-refractivity contribution in [3.05, 3.63) is 59.4 Å². The lowest BCUT2D eigenvalue weighted by atomic mass is 9.63. The molecule has 9 heteroatoms. The molecule has 40 heavy (non-hydrogen) atoms. The number of halogens is 1. The second kappa shape index (κ2) is 12.4. The standard InChI is InChI=1S/C31H42FN5O3/c1-21-19-33-20-26(34-21)27(38)35-25(18-22-10-12-24(32)13-11-22)28(39)37-16-14-31(15-17-37,23-8-6-5-7-9-23)29(40)36-30(2,3)4/h10-13,19-20,23,25H,5-9,14-18H2,1-4H3,(H,35,38)(H,36,40)/t25-/m1/s1. The fraction of sp³-hybridized carbons (Fsp3) is 0.581. The largest absolute Gasteiger partial charge is 0.351 e. The smallest absolute Gasteiger partial charge is 0.272 e. The number of rotatable bonds is 7. The van der Waals surface area contributed by atoms with Crippen LogP contribution in [-0.4, -0.2) is 57.3 Å². The first-order valence-corrected chi connectivity index (χ1v) is 14.4. The minimum absolute atomic E-state index is 0.0909. The molecular formula is C31H42FN5O3. The molecule has 1 saturated carbocycles. The number of amides is 3. The molecule has 1 aromatic heterocycles. The molecule has 2 N–H and O–H groups in total. The van der Waals surface area contributed by atoms with E-state index in [0.717, 1.165) is 31.2 Å². The number of carbonyl (C=O) groups excluding carboxylic acids is 3. The van der Waals surface area contributed by atoms with Crippen molar-refractivity contribution in [2.45, 2.75) is 90.6 Å². The van der Waals surface area contributed by atoms with Gasteiger partial charge in [-0.25, -0.2) is 9.37 Å². The van der Waals surface area contributed by atoms with Gasteiger partial charge < -0.3 is 15.5 Å². The summed E-state index contributed by atoms with van der Waals surface area (Å²) < 4.78 is 13.5. The molecule has 1 aliphatic heterocycles. The Bertz CT molecular complexity index is 1200. The highest BCUT2D eigenvalue weighted by molar-refractivity contribution is 5.96. The summed E-state index contributed by atoms with van der Waals surface area (Å²) >= 11 is 0. The van der Waals surface area contributed by atoms with Crippen LogP contribution < -0.4 is 10.6 Å². The highest BCUT2D eigenvalue weighted by Gasteiger charge is 2.49. The van der Waals surface area contributed by atoms with Crippen LogP contribution in [0.2, 0.25) is 0 Å². The molecule has 4 rings (SSSR count). The van der Waals surface area contributed by atoms with Crippen LogP contribution in [0.25, 0.3) is 0 Å². The van der Waals surface area contributed by atoms with E-state index < -0.39 is 17.4 Å². The zero-order valence-electron chi connectivity index (χ0n) is 24.1. The Balaban J connectivity index is 1.53. The van der Waals surface area contributed by atoms with Gasteiger partial charge in [-0.15, -0.1) is 0 Å². The Hall–Kier alpha value is -3.36. The van der Waals surface area contributed by atoms with Gasteiger partial charge in [-0.3, -0.25) is 19.4 Å². The number of hydrogen-bond acceptors (Lipinski definition) is 5. The van der Waals surface area contributed by atoms with Crippen LogP contribution in [0.1, 0.15) is 87.5 Å². The van der Waals surface area contributed by atoms with Gasteiger partial charge in [0.2, 0.25) is 11.8 Å². The first-order valence-electron chi connectivity index (χ1n) is 14.4. The first-order chi connectivity index (χ1) is 19.0. The van der Waals surface area contributed by atoms with Gasteiger partial charge in [0.05, 0.1) is 17.3 Å². The number of nitrogens with one attached hydrogen (secondary N) is 2. The Labute approximate surface area is 236 Å². The first kappa shape index (κ1) is 29.6. The molecule has 0 spiro atoms. The highest BCUT2D eigenvalue weighted by Crippen LogP contribution is 2.46. The molecule has 1 aliphatic carbocycles. The molecule has 1 aromatic carbocycles. The molecule has 2 heterocycles. The molecule has 0 bridgehead atoms. The molecule has 1 atom stereocenters. The van der Waals surface area contributed by atoms with Gasteiger partial charge in [-0.1, -0.05) is 31.4 Å². The van der Waals surface area contributed by atoms with Crippen LogP contribution in [0, 0.1) is 24.1 Å². The zero-order valence-corrected chi connectivity index (χ0v) is 24.1. The van der Waals surface area contributed by atoms with Crippen molar-refractivity contribution >= 4 is 17.7 Å². The van der Waals surface area contributed by atoms with E-state index >= 15 is 0 Å². The fourth-order valence-electron chi connectivity index (χ4n) is 6.15. The van der Waals surface area contributed by atoms with Crippen LogP contribution in [0.4, 0.5) is 4.39 Å². The Morgan fingerprint density at radius 1 is 1.05 bits per heavy atom. The predicted molar refractivity (Wildman–Crippen MR) is 151 cm³/mol. The average molecular weight is 552 g/mol. The van der Waals surface area contributed by atoms with E-state index in [1.54, 1.807) is 30.2 Å². The van der Waals surface area contributed by atoms with Crippen LogP contribution in [0.5, 0.6) is 0 Å². The molecular weight excluding hydrogens is 509 g/mol. The van der Waals surface area contributed by atoms with Gasteiger partial charge in [0.15, 0.2) is 0 Å². The van der Waals surface area contributed by atoms with Gasteiger partial charge in [0.25, 0.3) is 5.91 Å². The topological polar surface area (TPSA) is 104 Å². The van der Waals surface area contributed by atoms with Crippen molar-refractivity contribution in [1.82, 2.24) is 25.5 Å². The van der Waals surface area contributed by atoms with Gasteiger partial charge in [-0.2, -0.15) is 0 Å². The monoisotopic (exact) mass is 551 g/mol. The minimum Gasteiger partial charge on any atom is -0.351 e. The average Bonchev–Trinajstić information content (AvgIpc) is 2.93. The van der Waals surface area contributed by atoms with E-state index in [-0.39, 0.29) is 35.3 Å². The van der Waals surface area contributed by atoms with Crippen molar-refractivity contribution in [1.29, 1.82) is 0 Å². The summed E-state index contributed by atoms with van der Waals surface area (Å²) in [6.45, 7) is 8.62. The second-order valence-electron chi connectivity index (χ2n) is 12.4. The molecule has 0 radical (unpaired) electrons. The van der Waals surface area contributed by atoms with E-state index in [4.69, 9.17) is 0 Å². The number of piperidine rings is 1. The minimum atomic E-state index is -0.870. The van der Waals surface area contributed by atoms with Gasteiger partial charge in [0, 0.05) is 31.2 Å². The molecule has 216 valence electrons. The van der Waals surface area contributed by atoms with Crippen molar-refractivity contribution in [3.8, 4) is 0 Å². The summed E-state index contributed by atoms with van der Waals surface area (Å²) in [6.07, 6.45) is 9.84. The maximum atomic E-state index is 13.9. The maximum absolute atomic E-state index is 13.9. The summed E-state index contributed by atoms with van der Waals surface area (Å²) in [6, 6.07) is 5.06. The third kappa shape index (κ3) is 7.23. The predicted octanol–water partition coefficient (Wildman–Crippen LogP) is 4.37. The van der Waals surface area contributed by atoms with E-state index in [1.807, 2.05) is 20.8 Å². The number of benzene rings is 1. The van der Waals surface area contributed by atoms with Gasteiger partial charge in [-0.05, 0) is 77.0 Å². The SMILES string of the molecule is Cc1cncc(C(=O)N[C@H](Cc2ccc(F)cc2)C(=O)N2CCC(C(=O)NC(C)(C)C)(C3CCCCC3)CC2)n1. The molecule has 2 fully saturated rings. The highest BCUT2D eigenvalue weighted by atomic mass is 19.1. The number of likely N-dealkylation sites (tertiary alicyclic amines) is 1. The normalized spacial score (nSPS) is 18.6. The number of aryl methyl sites for hydroxylation is 1. The summed E-state index contributed by atoms with van der Waals surface area (Å²) in [5.41, 5.74) is 0.614. The van der Waals surface area contributed by atoms with Crippen LogP contribution in [-0.2, 0) is 16.0 Å². The molecule has 2 aromatic rings. The second-order valence-corrected chi connectivity index (χ2v) is 12.4. The lowest BCUT2D eigenvalue weighted by molar-refractivity contribution is -0.147. The molecule has 2 aliphatic rings. The third-order valence-electron chi connectivity index (χ3n) is 8.24. The Morgan fingerprint density at radius 3 is 2.30 bits per heavy atom. The van der Waals surface area contributed by atoms with Crippen molar-refractivity contribution < 1.29 is 18.8 Å². The lowest BCUT2D eigenvalue weighted by Crippen LogP contribution is -2.59. The zero-order chi connectivity index (χ0) is 28.9. The molecule has 0 unspecified atom stereocenters. The summed E-state index contributed by atoms with van der Waals surface area (Å²) in [7, 11) is 0. The van der Waals surface area contributed by atoms with E-state index in [1.165, 1.54) is 24.8 Å². The van der Waals surface area contributed by atoms with Crippen molar-refractivity contribution in [2.75, 3.05) is 13.1 Å². The van der Waals surface area contributed by atoms with Crippen molar-refractivity contribution in [3.63, 3.8) is 0 Å². The molecule has 1 saturated heterocycles. The third-order valence-corrected chi connectivity index (χ3v) is 8.24. The summed E-state index contributed by atoms with van der Waals surface area (Å²) in [5, 5.41) is 6.09. The van der Waals surface area contributed by atoms with Crippen molar-refractivity contribution in [2.24, 2.45) is 11.3 Å². The fourth-order valence-corrected chi connectivity index (χ4v) is 6.15. The number of hydrogen-bond donors (Lipinski definition) is 2. The van der Waals surface area contributed by atoms with Crippen LogP contribution in [0.3, 0.4) is 0 Å². The van der Waals surface area contributed by atoms with Crippen LogP contribution >= 0.6 is 0 Å². The van der Waals surface area contributed by atoms with Crippen LogP contribution in [0.15, 0.2) is 36.7 Å². The summed E-state index contributed by atoms with van der Waals surface area (Å²) in [5.74, 6) is -0.681. The van der Waals surface area contributed by atoms with Gasteiger partial charge >= 0.3 is 0 Å². The van der Waals surface area contributed by atoms with E-state index in [9.17, 15) is 18.8 Å².